The van der Waals surface area contributed by atoms with Crippen LogP contribution in [0.5, 0.6) is 0 Å². The number of H-pyrrole nitrogens is 1. The number of nitrogens with one attached hydrogen (secondary N) is 4. The summed E-state index contributed by atoms with van der Waals surface area (Å²) >= 11 is 0. The monoisotopic (exact) mass is 397 g/mol. The average Bonchev–Trinajstić information content (AvgIpc) is 3.58. The zero-order valence-electron chi connectivity index (χ0n) is 16.6. The molecule has 3 atom stereocenters. The molecular weight excluding hydrogens is 370 g/mol. The highest BCUT2D eigenvalue weighted by molar-refractivity contribution is 5.96. The zero-order chi connectivity index (χ0) is 20.6. The van der Waals surface area contributed by atoms with Gasteiger partial charge in [0.05, 0.1) is 6.07 Å². The highest BCUT2D eigenvalue weighted by Gasteiger charge is 2.52. The molecule has 3 aliphatic rings. The third kappa shape index (κ3) is 4.61. The van der Waals surface area contributed by atoms with Crippen LogP contribution in [0.3, 0.4) is 0 Å². The Morgan fingerprint density at radius 1 is 1.28 bits per heavy atom. The van der Waals surface area contributed by atoms with E-state index in [0.717, 1.165) is 37.8 Å². The smallest absolute Gasteiger partial charge is 0.268 e. The number of rotatable bonds is 8. The lowest BCUT2D eigenvalue weighted by molar-refractivity contribution is -0.125. The molecule has 1 saturated heterocycles. The molecule has 1 spiro atoms. The predicted octanol–water partition coefficient (Wildman–Crippen LogP) is 1.29. The predicted molar refractivity (Wildman–Crippen MR) is 105 cm³/mol. The van der Waals surface area contributed by atoms with Crippen LogP contribution in [-0.2, 0) is 9.59 Å². The maximum atomic E-state index is 12.9. The Bertz CT molecular complexity index is 862. The molecule has 2 heterocycles. The molecule has 3 unspecified atom stereocenters. The SMILES string of the molecule is Cc1ccc(C(=O)NC(CC2CC2)C(=O)NC(C#N)CC2CC3(CC3)NC2=O)[nH]1. The number of aryl methyl sites for hydroxylation is 1. The molecule has 0 bridgehead atoms. The minimum absolute atomic E-state index is 0.0260. The van der Waals surface area contributed by atoms with Gasteiger partial charge in [0.15, 0.2) is 0 Å². The van der Waals surface area contributed by atoms with Gasteiger partial charge in [-0.1, -0.05) is 12.8 Å². The van der Waals surface area contributed by atoms with E-state index in [9.17, 15) is 19.6 Å². The standard InChI is InChI=1S/C21H27N5O3/c1-12-2-5-16(23-12)19(28)25-17(8-13-3-4-13)20(29)24-15(11-22)9-14-10-21(6-7-21)26-18(14)27/h2,5,13-15,17,23H,3-4,6-10H2,1H3,(H,24,29)(H,25,28)(H,26,27). The summed E-state index contributed by atoms with van der Waals surface area (Å²) in [6.07, 6.45) is 5.67. The summed E-state index contributed by atoms with van der Waals surface area (Å²) < 4.78 is 0. The Hall–Kier alpha value is -2.82. The molecule has 1 aliphatic heterocycles. The maximum absolute atomic E-state index is 12.9. The first-order valence-electron chi connectivity index (χ1n) is 10.4. The van der Waals surface area contributed by atoms with Crippen molar-refractivity contribution < 1.29 is 14.4 Å². The van der Waals surface area contributed by atoms with Crippen LogP contribution in [0.1, 0.15) is 61.1 Å². The summed E-state index contributed by atoms with van der Waals surface area (Å²) in [5, 5.41) is 18.1. The third-order valence-corrected chi connectivity index (χ3v) is 6.21. The van der Waals surface area contributed by atoms with Crippen molar-refractivity contribution in [2.75, 3.05) is 0 Å². The van der Waals surface area contributed by atoms with Gasteiger partial charge in [0.1, 0.15) is 17.8 Å². The second kappa shape index (κ2) is 7.54. The molecule has 0 radical (unpaired) electrons. The number of hydrogen-bond donors (Lipinski definition) is 4. The van der Waals surface area contributed by atoms with Crippen molar-refractivity contribution in [2.24, 2.45) is 11.8 Å². The van der Waals surface area contributed by atoms with Crippen LogP contribution in [-0.4, -0.2) is 40.3 Å². The summed E-state index contributed by atoms with van der Waals surface area (Å²) in [6.45, 7) is 1.85. The van der Waals surface area contributed by atoms with Crippen molar-refractivity contribution in [3.63, 3.8) is 0 Å². The Balaban J connectivity index is 1.36. The van der Waals surface area contributed by atoms with Gasteiger partial charge in [-0.2, -0.15) is 5.26 Å². The number of carbonyl (C=O) groups is 3. The molecule has 4 N–H and O–H groups in total. The zero-order valence-corrected chi connectivity index (χ0v) is 16.6. The number of carbonyl (C=O) groups excluding carboxylic acids is 3. The van der Waals surface area contributed by atoms with Gasteiger partial charge < -0.3 is 20.9 Å². The lowest BCUT2D eigenvalue weighted by Crippen LogP contribution is -2.50. The first-order valence-corrected chi connectivity index (χ1v) is 10.4. The van der Waals surface area contributed by atoms with E-state index in [1.54, 1.807) is 12.1 Å². The van der Waals surface area contributed by atoms with Crippen molar-refractivity contribution in [2.45, 2.75) is 69.5 Å². The molecule has 1 aromatic rings. The second-order valence-corrected chi connectivity index (χ2v) is 8.86. The maximum Gasteiger partial charge on any atom is 0.268 e. The number of aromatic amines is 1. The fraction of sp³-hybridized carbons (Fsp3) is 0.619. The molecule has 2 saturated carbocycles. The van der Waals surface area contributed by atoms with Gasteiger partial charge in [0, 0.05) is 17.2 Å². The van der Waals surface area contributed by atoms with Crippen molar-refractivity contribution in [3.05, 3.63) is 23.5 Å². The van der Waals surface area contributed by atoms with Gasteiger partial charge in [0.25, 0.3) is 5.91 Å². The van der Waals surface area contributed by atoms with Crippen molar-refractivity contribution in [1.29, 1.82) is 5.26 Å². The molecular formula is C21H27N5O3. The minimum atomic E-state index is -0.751. The first-order chi connectivity index (χ1) is 13.9. The lowest BCUT2D eigenvalue weighted by Gasteiger charge is -2.21. The van der Waals surface area contributed by atoms with Gasteiger partial charge >= 0.3 is 0 Å². The minimum Gasteiger partial charge on any atom is -0.355 e. The molecule has 29 heavy (non-hydrogen) atoms. The molecule has 4 rings (SSSR count). The summed E-state index contributed by atoms with van der Waals surface area (Å²) in [5.41, 5.74) is 1.22. The van der Waals surface area contributed by atoms with Crippen LogP contribution in [0.15, 0.2) is 12.1 Å². The van der Waals surface area contributed by atoms with Crippen LogP contribution >= 0.6 is 0 Å². The normalized spacial score (nSPS) is 23.7. The molecule has 8 nitrogen and oxygen atoms in total. The van der Waals surface area contributed by atoms with Crippen LogP contribution in [0, 0.1) is 30.1 Å². The summed E-state index contributed by atoms with van der Waals surface area (Å²) in [5.74, 6) is -0.548. The van der Waals surface area contributed by atoms with E-state index in [2.05, 4.69) is 27.0 Å². The van der Waals surface area contributed by atoms with Crippen LogP contribution in [0.25, 0.3) is 0 Å². The highest BCUT2D eigenvalue weighted by Crippen LogP contribution is 2.46. The number of amides is 3. The summed E-state index contributed by atoms with van der Waals surface area (Å²) in [6, 6.07) is 4.15. The molecule has 3 fully saturated rings. The van der Waals surface area contributed by atoms with Crippen LogP contribution in [0.4, 0.5) is 0 Å². The Labute approximate surface area is 169 Å². The van der Waals surface area contributed by atoms with E-state index in [1.807, 2.05) is 6.92 Å². The van der Waals surface area contributed by atoms with Gasteiger partial charge in [0.2, 0.25) is 11.8 Å². The number of hydrogen-bond acceptors (Lipinski definition) is 4. The van der Waals surface area contributed by atoms with E-state index in [0.29, 0.717) is 24.5 Å². The van der Waals surface area contributed by atoms with E-state index in [4.69, 9.17) is 0 Å². The molecule has 2 aliphatic carbocycles. The number of nitrogens with zero attached hydrogens (tertiary/aromatic N) is 1. The molecule has 3 amide bonds. The summed E-state index contributed by atoms with van der Waals surface area (Å²) in [7, 11) is 0. The molecule has 1 aromatic heterocycles. The Kier molecular flexibility index (Phi) is 5.07. The molecule has 8 heteroatoms. The van der Waals surface area contributed by atoms with Crippen molar-refractivity contribution in [3.8, 4) is 6.07 Å². The van der Waals surface area contributed by atoms with E-state index in [1.165, 1.54) is 0 Å². The van der Waals surface area contributed by atoms with Gasteiger partial charge in [-0.05, 0) is 57.1 Å². The van der Waals surface area contributed by atoms with Gasteiger partial charge in [-0.25, -0.2) is 0 Å². The fourth-order valence-corrected chi connectivity index (χ4v) is 4.14. The van der Waals surface area contributed by atoms with E-state index in [-0.39, 0.29) is 29.2 Å². The van der Waals surface area contributed by atoms with Crippen LogP contribution in [0.2, 0.25) is 0 Å². The fourth-order valence-electron chi connectivity index (χ4n) is 4.14. The molecule has 154 valence electrons. The largest absolute Gasteiger partial charge is 0.355 e. The van der Waals surface area contributed by atoms with E-state index < -0.39 is 12.1 Å². The van der Waals surface area contributed by atoms with Gasteiger partial charge in [-0.3, -0.25) is 14.4 Å². The average molecular weight is 397 g/mol. The van der Waals surface area contributed by atoms with Crippen LogP contribution < -0.4 is 16.0 Å². The summed E-state index contributed by atoms with van der Waals surface area (Å²) in [4.78, 5) is 40.5. The van der Waals surface area contributed by atoms with E-state index >= 15 is 0 Å². The highest BCUT2D eigenvalue weighted by atomic mass is 16.2. The second-order valence-electron chi connectivity index (χ2n) is 8.86. The van der Waals surface area contributed by atoms with Crippen molar-refractivity contribution >= 4 is 17.7 Å². The quantitative estimate of drug-likeness (QED) is 0.527. The third-order valence-electron chi connectivity index (χ3n) is 6.21. The Morgan fingerprint density at radius 3 is 2.59 bits per heavy atom. The topological polar surface area (TPSA) is 127 Å². The first kappa shape index (κ1) is 19.5. The number of nitriles is 1. The van der Waals surface area contributed by atoms with Crippen molar-refractivity contribution in [1.82, 2.24) is 20.9 Å². The Morgan fingerprint density at radius 2 is 2.03 bits per heavy atom. The number of aromatic nitrogens is 1. The lowest BCUT2D eigenvalue weighted by atomic mass is 9.95. The molecule has 0 aromatic carbocycles. The van der Waals surface area contributed by atoms with Gasteiger partial charge in [-0.15, -0.1) is 0 Å².